The molecule has 0 saturated carbocycles. The van der Waals surface area contributed by atoms with Crippen molar-refractivity contribution in [2.45, 2.75) is 13.0 Å². The lowest BCUT2D eigenvalue weighted by Gasteiger charge is -2.03. The van der Waals surface area contributed by atoms with Gasteiger partial charge in [0, 0.05) is 19.7 Å². The fraction of sp³-hybridized carbons (Fsp3) is 0.500. The molecule has 1 atom stereocenters. The summed E-state index contributed by atoms with van der Waals surface area (Å²) in [6.45, 7) is 9.43. The zero-order chi connectivity index (χ0) is 13.4. The van der Waals surface area contributed by atoms with Gasteiger partial charge in [-0.1, -0.05) is 13.2 Å². The molecule has 0 aromatic heterocycles. The first-order valence-electron chi connectivity index (χ1n) is 5.16. The molecular weight excluding hydrogens is 222 g/mol. The van der Waals surface area contributed by atoms with Crippen LogP contribution in [0.3, 0.4) is 0 Å². The summed E-state index contributed by atoms with van der Waals surface area (Å²) in [5, 5.41) is 0. The molecule has 96 valence electrons. The molecule has 0 aromatic rings. The number of amides is 1. The molecule has 1 saturated heterocycles. The maximum absolute atomic E-state index is 10.7. The fourth-order valence-corrected chi connectivity index (χ4v) is 0.639. The van der Waals surface area contributed by atoms with Crippen molar-refractivity contribution in [2.24, 2.45) is 0 Å². The van der Waals surface area contributed by atoms with Gasteiger partial charge in [0.25, 0.3) is 0 Å². The van der Waals surface area contributed by atoms with Crippen LogP contribution in [0.4, 0.5) is 0 Å². The van der Waals surface area contributed by atoms with Crippen molar-refractivity contribution in [1.82, 2.24) is 4.90 Å². The predicted molar refractivity (Wildman–Crippen MR) is 64.4 cm³/mol. The lowest BCUT2D eigenvalue weighted by Crippen LogP contribution is -2.18. The second kappa shape index (κ2) is 7.62. The number of carbonyl (C=O) groups excluding carboxylic acids is 2. The lowest BCUT2D eigenvalue weighted by atomic mass is 10.4. The van der Waals surface area contributed by atoms with Crippen LogP contribution in [0.5, 0.6) is 0 Å². The number of nitrogens with zero attached hydrogens (tertiary/aromatic N) is 1. The normalized spacial score (nSPS) is 16.1. The van der Waals surface area contributed by atoms with Crippen molar-refractivity contribution in [3.8, 4) is 0 Å². The van der Waals surface area contributed by atoms with Gasteiger partial charge in [-0.3, -0.25) is 4.79 Å². The van der Waals surface area contributed by atoms with E-state index in [1.165, 1.54) is 11.0 Å². The Labute approximate surface area is 102 Å². The molecule has 1 heterocycles. The lowest BCUT2D eigenvalue weighted by molar-refractivity contribution is -0.139. The largest absolute Gasteiger partial charge is 0.459 e. The number of hydrogen-bond donors (Lipinski definition) is 0. The molecule has 0 aliphatic carbocycles. The fourth-order valence-electron chi connectivity index (χ4n) is 0.639. The highest BCUT2D eigenvalue weighted by Gasteiger charge is 2.24. The topological polar surface area (TPSA) is 59.1 Å². The molecule has 0 unspecified atom stereocenters. The molecular formula is C12H19NO4. The van der Waals surface area contributed by atoms with Crippen LogP contribution in [0.25, 0.3) is 0 Å². The van der Waals surface area contributed by atoms with Crippen molar-refractivity contribution < 1.29 is 19.1 Å². The number of likely N-dealkylation sites (N-methyl/N-ethyl adjacent to an activating group) is 1. The average Bonchev–Trinajstić information content (AvgIpc) is 3.09. The van der Waals surface area contributed by atoms with Gasteiger partial charge >= 0.3 is 5.97 Å². The zero-order valence-electron chi connectivity index (χ0n) is 10.6. The first-order valence-corrected chi connectivity index (χ1v) is 5.16. The van der Waals surface area contributed by atoms with Gasteiger partial charge in [-0.15, -0.1) is 0 Å². The smallest absolute Gasteiger partial charge is 0.333 e. The van der Waals surface area contributed by atoms with Crippen LogP contribution in [0, 0.1) is 0 Å². The predicted octanol–water partition coefficient (Wildman–Crippen LogP) is 0.765. The Bertz CT molecular complexity index is 306. The quantitative estimate of drug-likeness (QED) is 0.414. The van der Waals surface area contributed by atoms with Crippen LogP contribution in [-0.2, 0) is 19.1 Å². The second-order valence-electron chi connectivity index (χ2n) is 3.77. The zero-order valence-corrected chi connectivity index (χ0v) is 10.6. The van der Waals surface area contributed by atoms with E-state index in [1.54, 1.807) is 21.0 Å². The van der Waals surface area contributed by atoms with E-state index in [4.69, 9.17) is 9.47 Å². The van der Waals surface area contributed by atoms with Crippen molar-refractivity contribution in [3.63, 3.8) is 0 Å². The van der Waals surface area contributed by atoms with Crippen LogP contribution in [0.2, 0.25) is 0 Å². The number of rotatable bonds is 4. The van der Waals surface area contributed by atoms with E-state index in [0.717, 1.165) is 0 Å². The van der Waals surface area contributed by atoms with Crippen LogP contribution >= 0.6 is 0 Å². The summed E-state index contributed by atoms with van der Waals surface area (Å²) in [4.78, 5) is 22.5. The molecule has 0 radical (unpaired) electrons. The summed E-state index contributed by atoms with van der Waals surface area (Å²) in [6.07, 6.45) is 1.42. The second-order valence-corrected chi connectivity index (χ2v) is 3.77. The van der Waals surface area contributed by atoms with Crippen LogP contribution in [-0.4, -0.2) is 50.2 Å². The maximum Gasteiger partial charge on any atom is 0.333 e. The average molecular weight is 241 g/mol. The number of esters is 1. The van der Waals surface area contributed by atoms with Gasteiger partial charge in [0.15, 0.2) is 0 Å². The van der Waals surface area contributed by atoms with Gasteiger partial charge < -0.3 is 14.4 Å². The Morgan fingerprint density at radius 2 is 2.06 bits per heavy atom. The summed E-state index contributed by atoms with van der Waals surface area (Å²) in [5.41, 5.74) is 0.431. The maximum atomic E-state index is 10.7. The minimum atomic E-state index is -0.337. The van der Waals surface area contributed by atoms with Crippen molar-refractivity contribution in [2.75, 3.05) is 27.3 Å². The standard InChI is InChI=1S/C7H10O3.C5H9NO/c1-5(2)7(8)10-4-6-3-9-6;1-4-5(7)6(2)3/h6H,1,3-4H2,2H3;4H,1H2,2-3H3/t6-;/m1./s1. The first-order chi connectivity index (χ1) is 7.88. The van der Waals surface area contributed by atoms with E-state index in [1.807, 2.05) is 0 Å². The monoisotopic (exact) mass is 241 g/mol. The summed E-state index contributed by atoms with van der Waals surface area (Å²) in [7, 11) is 3.37. The molecule has 17 heavy (non-hydrogen) atoms. The molecule has 1 aliphatic heterocycles. The van der Waals surface area contributed by atoms with Crippen molar-refractivity contribution >= 4 is 11.9 Å². The van der Waals surface area contributed by atoms with Gasteiger partial charge in [-0.25, -0.2) is 4.79 Å². The minimum Gasteiger partial charge on any atom is -0.459 e. The molecule has 0 aromatic carbocycles. The van der Waals surface area contributed by atoms with Gasteiger partial charge in [0.1, 0.15) is 12.7 Å². The molecule has 5 nitrogen and oxygen atoms in total. The SMILES string of the molecule is C=C(C)C(=O)OC[C@H]1CO1.C=CC(=O)N(C)C. The van der Waals surface area contributed by atoms with E-state index < -0.39 is 0 Å². The van der Waals surface area contributed by atoms with Crippen LogP contribution in [0.15, 0.2) is 24.8 Å². The van der Waals surface area contributed by atoms with E-state index >= 15 is 0 Å². The summed E-state index contributed by atoms with van der Waals surface area (Å²) >= 11 is 0. The third-order valence-corrected chi connectivity index (χ3v) is 1.77. The third-order valence-electron chi connectivity index (χ3n) is 1.77. The molecule has 0 bridgehead atoms. The molecule has 1 amide bonds. The van der Waals surface area contributed by atoms with Gasteiger partial charge in [0.05, 0.1) is 6.61 Å². The highest BCUT2D eigenvalue weighted by molar-refractivity contribution is 5.87. The van der Waals surface area contributed by atoms with E-state index in [-0.39, 0.29) is 18.0 Å². The van der Waals surface area contributed by atoms with E-state index in [2.05, 4.69) is 13.2 Å². The molecule has 0 spiro atoms. The van der Waals surface area contributed by atoms with Gasteiger partial charge in [-0.05, 0) is 13.0 Å². The van der Waals surface area contributed by atoms with E-state index in [0.29, 0.717) is 18.8 Å². The molecule has 1 fully saturated rings. The van der Waals surface area contributed by atoms with Gasteiger partial charge in [-0.2, -0.15) is 0 Å². The Hall–Kier alpha value is -1.62. The Morgan fingerprint density at radius 3 is 2.29 bits per heavy atom. The van der Waals surface area contributed by atoms with Crippen LogP contribution < -0.4 is 0 Å². The van der Waals surface area contributed by atoms with E-state index in [9.17, 15) is 9.59 Å². The first kappa shape index (κ1) is 15.4. The van der Waals surface area contributed by atoms with Crippen molar-refractivity contribution in [1.29, 1.82) is 0 Å². The van der Waals surface area contributed by atoms with Crippen molar-refractivity contribution in [3.05, 3.63) is 24.8 Å². The molecule has 1 rings (SSSR count). The summed E-state index contributed by atoms with van der Waals surface area (Å²) < 4.78 is 9.60. The number of ether oxygens (including phenoxy) is 2. The Balaban J connectivity index is 0.000000325. The summed E-state index contributed by atoms with van der Waals surface area (Å²) in [6, 6.07) is 0. The number of epoxide rings is 1. The number of hydrogen-bond acceptors (Lipinski definition) is 4. The molecule has 0 N–H and O–H groups in total. The number of carbonyl (C=O) groups is 2. The Kier molecular flexibility index (Phi) is 6.89. The third kappa shape index (κ3) is 8.21. The molecule has 5 heteroatoms. The van der Waals surface area contributed by atoms with Gasteiger partial charge in [0.2, 0.25) is 5.91 Å². The minimum absolute atomic E-state index is 0.0556. The highest BCUT2D eigenvalue weighted by atomic mass is 16.6. The Morgan fingerprint density at radius 1 is 1.53 bits per heavy atom. The molecule has 1 aliphatic rings. The highest BCUT2D eigenvalue weighted by Crippen LogP contribution is 2.09. The summed E-state index contributed by atoms with van der Waals surface area (Å²) in [5.74, 6) is -0.393. The van der Waals surface area contributed by atoms with Crippen LogP contribution in [0.1, 0.15) is 6.92 Å².